The van der Waals surface area contributed by atoms with Gasteiger partial charge in [0, 0.05) is 30.4 Å². The number of rotatable bonds is 5. The molecule has 2 aliphatic rings. The molecule has 0 saturated heterocycles. The number of thiazole rings is 1. The summed E-state index contributed by atoms with van der Waals surface area (Å²) in [5.74, 6) is -0.507. The van der Waals surface area contributed by atoms with Gasteiger partial charge in [0.25, 0.3) is 10.0 Å². The van der Waals surface area contributed by atoms with Crippen LogP contribution in [0.4, 0.5) is 5.69 Å². The molecule has 4 aromatic rings. The van der Waals surface area contributed by atoms with Crippen molar-refractivity contribution in [3.63, 3.8) is 0 Å². The van der Waals surface area contributed by atoms with Gasteiger partial charge in [-0.25, -0.2) is 4.98 Å². The summed E-state index contributed by atoms with van der Waals surface area (Å²) >= 11 is 1.38. The van der Waals surface area contributed by atoms with E-state index in [1.807, 2.05) is 24.3 Å². The summed E-state index contributed by atoms with van der Waals surface area (Å²) in [6, 6.07) is 12.3. The van der Waals surface area contributed by atoms with Crippen LogP contribution >= 0.6 is 11.3 Å². The minimum Gasteiger partial charge on any atom is -0.332 e. The number of para-hydroxylation sites is 1. The number of nitrogens with zero attached hydrogens (tertiary/aromatic N) is 4. The molecule has 0 saturated carbocycles. The predicted octanol–water partition coefficient (Wildman–Crippen LogP) is 3.09. The molecule has 6 rings (SSSR count). The highest BCUT2D eigenvalue weighted by Crippen LogP contribution is 2.35. The van der Waals surface area contributed by atoms with Gasteiger partial charge in [-0.2, -0.15) is 17.6 Å². The summed E-state index contributed by atoms with van der Waals surface area (Å²) < 4.78 is 27.9. The van der Waals surface area contributed by atoms with Gasteiger partial charge in [-0.1, -0.05) is 18.2 Å². The fourth-order valence-electron chi connectivity index (χ4n) is 4.52. The smallest absolute Gasteiger partial charge is 0.283 e. The second-order valence-electron chi connectivity index (χ2n) is 8.38. The lowest BCUT2D eigenvalue weighted by molar-refractivity contribution is -0.132. The Labute approximate surface area is 199 Å². The summed E-state index contributed by atoms with van der Waals surface area (Å²) in [6.45, 7) is 0.545. The Hall–Kier alpha value is -3.57. The third kappa shape index (κ3) is 3.39. The highest BCUT2D eigenvalue weighted by Gasteiger charge is 2.33. The van der Waals surface area contributed by atoms with Crippen LogP contribution in [0.15, 0.2) is 59.1 Å². The van der Waals surface area contributed by atoms with Gasteiger partial charge < -0.3 is 10.2 Å². The van der Waals surface area contributed by atoms with Gasteiger partial charge in [-0.05, 0) is 36.2 Å². The maximum Gasteiger partial charge on any atom is 0.283 e. The molecule has 0 radical (unpaired) electrons. The van der Waals surface area contributed by atoms with Crippen molar-refractivity contribution in [3.8, 4) is 0 Å². The SMILES string of the molecule is O=C1Nc2ccccc2[C@@H]1CCC(=O)N1Cc2cn(S(=O)(=O)c3ccc4ncsc4c3)nc2C1. The zero-order valence-electron chi connectivity index (χ0n) is 17.8. The molecule has 0 bridgehead atoms. The van der Waals surface area contributed by atoms with Crippen LogP contribution < -0.4 is 5.32 Å². The number of carbonyl (C=O) groups excluding carboxylic acids is 2. The second-order valence-corrected chi connectivity index (χ2v) is 11.1. The van der Waals surface area contributed by atoms with E-state index in [2.05, 4.69) is 15.4 Å². The van der Waals surface area contributed by atoms with Crippen LogP contribution in [-0.2, 0) is 32.7 Å². The van der Waals surface area contributed by atoms with E-state index in [0.717, 1.165) is 25.6 Å². The molecular weight excluding hydrogens is 474 g/mol. The number of carbonyl (C=O) groups is 2. The number of benzene rings is 2. The summed E-state index contributed by atoms with van der Waals surface area (Å²) in [4.78, 5) is 31.1. The highest BCUT2D eigenvalue weighted by atomic mass is 32.2. The largest absolute Gasteiger partial charge is 0.332 e. The number of anilines is 1. The molecule has 172 valence electrons. The van der Waals surface area contributed by atoms with E-state index in [-0.39, 0.29) is 35.6 Å². The number of hydrogen-bond donors (Lipinski definition) is 1. The molecule has 0 fully saturated rings. The van der Waals surface area contributed by atoms with Crippen LogP contribution in [0.2, 0.25) is 0 Å². The molecule has 9 nitrogen and oxygen atoms in total. The fourth-order valence-corrected chi connectivity index (χ4v) is 6.50. The standard InChI is InChI=1S/C23H19N5O4S2/c29-22(8-6-17-16-3-1-2-4-18(16)25-23(17)30)27-10-14-11-28(26-20(14)12-27)34(31,32)15-5-7-19-21(9-15)33-13-24-19/h1-5,7,9,11,13,17H,6,8,10,12H2,(H,25,30)/t17-/m0/s1. The summed E-state index contributed by atoms with van der Waals surface area (Å²) in [5.41, 5.74) is 5.42. The third-order valence-corrected chi connectivity index (χ3v) is 8.64. The molecule has 11 heteroatoms. The zero-order chi connectivity index (χ0) is 23.4. The normalized spacial score (nSPS) is 17.1. The molecule has 34 heavy (non-hydrogen) atoms. The molecule has 2 aliphatic heterocycles. The molecule has 2 amide bonds. The Morgan fingerprint density at radius 2 is 2.03 bits per heavy atom. The van der Waals surface area contributed by atoms with Crippen molar-refractivity contribution < 1.29 is 18.0 Å². The second kappa shape index (κ2) is 7.74. The van der Waals surface area contributed by atoms with Crippen molar-refractivity contribution in [3.05, 3.63) is 71.0 Å². The Morgan fingerprint density at radius 3 is 2.88 bits per heavy atom. The van der Waals surface area contributed by atoms with Crippen molar-refractivity contribution in [2.24, 2.45) is 0 Å². The van der Waals surface area contributed by atoms with Crippen molar-refractivity contribution in [1.82, 2.24) is 19.1 Å². The van der Waals surface area contributed by atoms with Crippen LogP contribution in [0, 0.1) is 0 Å². The van der Waals surface area contributed by atoms with Crippen molar-refractivity contribution in [1.29, 1.82) is 0 Å². The number of hydrogen-bond acceptors (Lipinski definition) is 7. The van der Waals surface area contributed by atoms with E-state index < -0.39 is 10.0 Å². The Morgan fingerprint density at radius 1 is 1.18 bits per heavy atom. The minimum atomic E-state index is -3.84. The topological polar surface area (TPSA) is 114 Å². The van der Waals surface area contributed by atoms with Gasteiger partial charge in [0.05, 0.1) is 38.8 Å². The lowest BCUT2D eigenvalue weighted by Gasteiger charge is -2.17. The maximum absolute atomic E-state index is 13.1. The van der Waals surface area contributed by atoms with E-state index in [0.29, 0.717) is 24.2 Å². The molecule has 1 N–H and O–H groups in total. The van der Waals surface area contributed by atoms with Crippen LogP contribution in [-0.4, -0.2) is 39.3 Å². The first-order valence-electron chi connectivity index (χ1n) is 10.7. The number of amides is 2. The Bertz CT molecular complexity index is 1550. The van der Waals surface area contributed by atoms with Crippen molar-refractivity contribution in [2.45, 2.75) is 36.7 Å². The zero-order valence-corrected chi connectivity index (χ0v) is 19.5. The van der Waals surface area contributed by atoms with Crippen LogP contribution in [0.5, 0.6) is 0 Å². The Balaban J connectivity index is 1.14. The van der Waals surface area contributed by atoms with E-state index in [1.54, 1.807) is 22.5 Å². The van der Waals surface area contributed by atoms with Gasteiger partial charge in [-0.3, -0.25) is 9.59 Å². The van der Waals surface area contributed by atoms with Gasteiger partial charge in [0.2, 0.25) is 11.8 Å². The number of fused-ring (bicyclic) bond motifs is 3. The van der Waals surface area contributed by atoms with E-state index in [9.17, 15) is 18.0 Å². The first-order chi connectivity index (χ1) is 16.4. The monoisotopic (exact) mass is 493 g/mol. The summed E-state index contributed by atoms with van der Waals surface area (Å²) in [6.07, 6.45) is 2.13. The average molecular weight is 494 g/mol. The van der Waals surface area contributed by atoms with Crippen LogP contribution in [0.1, 0.15) is 35.6 Å². The third-order valence-electron chi connectivity index (χ3n) is 6.32. The predicted molar refractivity (Wildman–Crippen MR) is 126 cm³/mol. The Kier molecular flexibility index (Phi) is 4.78. The fraction of sp³-hybridized carbons (Fsp3) is 0.217. The van der Waals surface area contributed by atoms with E-state index in [1.165, 1.54) is 23.6 Å². The average Bonchev–Trinajstić information content (AvgIpc) is 3.58. The van der Waals surface area contributed by atoms with Crippen LogP contribution in [0.25, 0.3) is 10.2 Å². The minimum absolute atomic E-state index is 0.0831. The maximum atomic E-state index is 13.1. The number of nitrogens with one attached hydrogen (secondary N) is 1. The lowest BCUT2D eigenvalue weighted by atomic mass is 9.95. The first kappa shape index (κ1) is 21.0. The van der Waals surface area contributed by atoms with Gasteiger partial charge in [0.1, 0.15) is 0 Å². The molecule has 1 atom stereocenters. The summed E-state index contributed by atoms with van der Waals surface area (Å²) in [5, 5.41) is 7.13. The molecule has 2 aromatic heterocycles. The molecule has 0 aliphatic carbocycles. The molecule has 0 spiro atoms. The molecular formula is C23H19N5O4S2. The highest BCUT2D eigenvalue weighted by molar-refractivity contribution is 7.89. The molecule has 0 unspecified atom stereocenters. The van der Waals surface area contributed by atoms with E-state index in [4.69, 9.17) is 0 Å². The quantitative estimate of drug-likeness (QED) is 0.457. The van der Waals surface area contributed by atoms with Gasteiger partial charge in [-0.15, -0.1) is 11.3 Å². The summed E-state index contributed by atoms with van der Waals surface area (Å²) in [7, 11) is -3.84. The van der Waals surface area contributed by atoms with Crippen LogP contribution in [0.3, 0.4) is 0 Å². The first-order valence-corrected chi connectivity index (χ1v) is 13.1. The van der Waals surface area contributed by atoms with Gasteiger partial charge >= 0.3 is 0 Å². The molecule has 4 heterocycles. The van der Waals surface area contributed by atoms with Crippen molar-refractivity contribution in [2.75, 3.05) is 5.32 Å². The van der Waals surface area contributed by atoms with Gasteiger partial charge in [0.15, 0.2) is 0 Å². The van der Waals surface area contributed by atoms with Crippen molar-refractivity contribution >= 4 is 49.1 Å². The lowest BCUT2D eigenvalue weighted by Crippen LogP contribution is -2.27. The molecule has 2 aromatic carbocycles. The number of aromatic nitrogens is 3. The van der Waals surface area contributed by atoms with E-state index >= 15 is 0 Å².